The fraction of sp³-hybridized carbons (Fsp3) is 0.533. The van der Waals surface area contributed by atoms with Gasteiger partial charge in [-0.3, -0.25) is 10.00 Å². The van der Waals surface area contributed by atoms with Crippen molar-refractivity contribution in [3.05, 3.63) is 41.2 Å². The maximum Gasteiger partial charge on any atom is 0.125 e. The van der Waals surface area contributed by atoms with Crippen LogP contribution in [0.25, 0.3) is 0 Å². The second-order valence-electron chi connectivity index (χ2n) is 5.62. The molecule has 0 aromatic carbocycles. The van der Waals surface area contributed by atoms with Gasteiger partial charge in [-0.15, -0.1) is 0 Å². The molecule has 106 valence electrons. The number of aromatic nitrogens is 4. The number of hydrogen-bond acceptors (Lipinski definition) is 4. The molecular weight excluding hydrogens is 250 g/mol. The number of likely N-dealkylation sites (tertiary alicyclic amines) is 1. The number of aryl methyl sites for hydroxylation is 2. The molecule has 1 N–H and O–H groups in total. The van der Waals surface area contributed by atoms with Crippen LogP contribution in [0.1, 0.15) is 41.5 Å². The van der Waals surface area contributed by atoms with Gasteiger partial charge in [-0.1, -0.05) is 0 Å². The molecule has 1 fully saturated rings. The molecule has 0 amide bonds. The first-order valence-electron chi connectivity index (χ1n) is 7.23. The van der Waals surface area contributed by atoms with Crippen LogP contribution in [-0.4, -0.2) is 38.2 Å². The minimum atomic E-state index is 0.526. The molecule has 0 radical (unpaired) electrons. The second kappa shape index (κ2) is 5.71. The lowest BCUT2D eigenvalue weighted by Gasteiger charge is -2.32. The second-order valence-corrected chi connectivity index (χ2v) is 5.62. The molecule has 0 saturated carbocycles. The van der Waals surface area contributed by atoms with Gasteiger partial charge in [0.05, 0.1) is 6.20 Å². The van der Waals surface area contributed by atoms with Gasteiger partial charge in [-0.2, -0.15) is 5.10 Å². The number of nitrogens with one attached hydrogen (secondary N) is 1. The highest BCUT2D eigenvalue weighted by Crippen LogP contribution is 2.26. The molecule has 1 aliphatic heterocycles. The van der Waals surface area contributed by atoms with Crippen LogP contribution in [0.5, 0.6) is 0 Å². The van der Waals surface area contributed by atoms with E-state index in [1.54, 1.807) is 0 Å². The maximum absolute atomic E-state index is 4.59. The average molecular weight is 271 g/mol. The van der Waals surface area contributed by atoms with Gasteiger partial charge in [0, 0.05) is 42.2 Å². The number of hydrogen-bond donors (Lipinski definition) is 1. The summed E-state index contributed by atoms with van der Waals surface area (Å²) in [6.45, 7) is 7.24. The van der Waals surface area contributed by atoms with E-state index in [9.17, 15) is 0 Å². The third-order valence-electron chi connectivity index (χ3n) is 4.05. The topological polar surface area (TPSA) is 57.7 Å². The van der Waals surface area contributed by atoms with Crippen molar-refractivity contribution in [1.82, 2.24) is 25.1 Å². The van der Waals surface area contributed by atoms with Gasteiger partial charge in [0.15, 0.2) is 0 Å². The Morgan fingerprint density at radius 1 is 1.40 bits per heavy atom. The molecule has 3 rings (SSSR count). The number of rotatable bonds is 3. The Bertz CT molecular complexity index is 577. The highest BCUT2D eigenvalue weighted by Gasteiger charge is 2.23. The number of piperidine rings is 1. The minimum absolute atomic E-state index is 0.526. The lowest BCUT2D eigenvalue weighted by molar-refractivity contribution is 0.198. The lowest BCUT2D eigenvalue weighted by Crippen LogP contribution is -2.34. The first-order valence-corrected chi connectivity index (χ1v) is 7.23. The standard InChI is InChI=1S/C15H21N5/c1-11-14(8-17-19-11)10-20-7-3-4-13(9-20)15-5-6-16-12(2)18-15/h5-6,8,13H,3-4,7,9-10H2,1-2H3,(H,17,19)/t13-/m0/s1. The Morgan fingerprint density at radius 3 is 3.05 bits per heavy atom. The van der Waals surface area contributed by atoms with E-state index < -0.39 is 0 Å². The van der Waals surface area contributed by atoms with Gasteiger partial charge in [0.2, 0.25) is 0 Å². The predicted octanol–water partition coefficient (Wildman–Crippen LogP) is 2.20. The monoisotopic (exact) mass is 271 g/mol. The third kappa shape index (κ3) is 2.88. The van der Waals surface area contributed by atoms with Crippen LogP contribution in [0.15, 0.2) is 18.5 Å². The molecule has 5 heteroatoms. The highest BCUT2D eigenvalue weighted by molar-refractivity contribution is 5.15. The Balaban J connectivity index is 1.69. The number of aromatic amines is 1. The summed E-state index contributed by atoms with van der Waals surface area (Å²) in [5.74, 6) is 1.39. The zero-order chi connectivity index (χ0) is 13.9. The van der Waals surface area contributed by atoms with Gasteiger partial charge in [0.25, 0.3) is 0 Å². The molecule has 5 nitrogen and oxygen atoms in total. The Hall–Kier alpha value is -1.75. The van der Waals surface area contributed by atoms with Gasteiger partial charge in [-0.05, 0) is 39.3 Å². The first-order chi connectivity index (χ1) is 9.72. The summed E-state index contributed by atoms with van der Waals surface area (Å²) < 4.78 is 0. The number of H-pyrrole nitrogens is 1. The van der Waals surface area contributed by atoms with E-state index in [1.807, 2.05) is 19.3 Å². The molecule has 0 spiro atoms. The highest BCUT2D eigenvalue weighted by atomic mass is 15.2. The summed E-state index contributed by atoms with van der Waals surface area (Å²) in [7, 11) is 0. The Labute approximate surface area is 119 Å². The molecule has 2 aromatic rings. The quantitative estimate of drug-likeness (QED) is 0.929. The normalized spacial score (nSPS) is 20.2. The van der Waals surface area contributed by atoms with Crippen molar-refractivity contribution in [2.24, 2.45) is 0 Å². The summed E-state index contributed by atoms with van der Waals surface area (Å²) in [6.07, 6.45) is 6.26. The lowest BCUT2D eigenvalue weighted by atomic mass is 9.94. The smallest absolute Gasteiger partial charge is 0.125 e. The summed E-state index contributed by atoms with van der Waals surface area (Å²) in [4.78, 5) is 11.3. The van der Waals surface area contributed by atoms with Crippen molar-refractivity contribution < 1.29 is 0 Å². The zero-order valence-corrected chi connectivity index (χ0v) is 12.1. The van der Waals surface area contributed by atoms with Gasteiger partial charge < -0.3 is 0 Å². The van der Waals surface area contributed by atoms with Crippen LogP contribution < -0.4 is 0 Å². The van der Waals surface area contributed by atoms with E-state index in [0.717, 1.165) is 25.5 Å². The molecule has 0 aliphatic carbocycles. The van der Waals surface area contributed by atoms with E-state index in [1.165, 1.54) is 29.8 Å². The third-order valence-corrected chi connectivity index (χ3v) is 4.05. The first kappa shape index (κ1) is 13.2. The van der Waals surface area contributed by atoms with Crippen molar-refractivity contribution in [2.45, 2.75) is 39.2 Å². The van der Waals surface area contributed by atoms with Crippen LogP contribution in [0.2, 0.25) is 0 Å². The molecule has 1 saturated heterocycles. The minimum Gasteiger partial charge on any atom is -0.298 e. The van der Waals surface area contributed by atoms with Crippen molar-refractivity contribution in [3.63, 3.8) is 0 Å². The van der Waals surface area contributed by atoms with Crippen molar-refractivity contribution in [1.29, 1.82) is 0 Å². The van der Waals surface area contributed by atoms with E-state index >= 15 is 0 Å². The largest absolute Gasteiger partial charge is 0.298 e. The summed E-state index contributed by atoms with van der Waals surface area (Å²) in [5.41, 5.74) is 3.65. The molecular formula is C15H21N5. The van der Waals surface area contributed by atoms with E-state index in [0.29, 0.717) is 5.92 Å². The van der Waals surface area contributed by atoms with Crippen molar-refractivity contribution >= 4 is 0 Å². The fourth-order valence-electron chi connectivity index (χ4n) is 2.92. The van der Waals surface area contributed by atoms with Crippen molar-refractivity contribution in [2.75, 3.05) is 13.1 Å². The molecule has 1 aliphatic rings. The van der Waals surface area contributed by atoms with Crippen LogP contribution in [-0.2, 0) is 6.54 Å². The Kier molecular flexibility index (Phi) is 3.78. The van der Waals surface area contributed by atoms with Gasteiger partial charge in [0.1, 0.15) is 5.82 Å². The van der Waals surface area contributed by atoms with Crippen LogP contribution in [0.3, 0.4) is 0 Å². The zero-order valence-electron chi connectivity index (χ0n) is 12.1. The number of nitrogens with zero attached hydrogens (tertiary/aromatic N) is 4. The van der Waals surface area contributed by atoms with Crippen LogP contribution in [0.4, 0.5) is 0 Å². The molecule has 20 heavy (non-hydrogen) atoms. The van der Waals surface area contributed by atoms with Crippen molar-refractivity contribution in [3.8, 4) is 0 Å². The summed E-state index contributed by atoms with van der Waals surface area (Å²) in [5, 5.41) is 7.12. The summed E-state index contributed by atoms with van der Waals surface area (Å²) >= 11 is 0. The molecule has 1 atom stereocenters. The predicted molar refractivity (Wildman–Crippen MR) is 77.3 cm³/mol. The SMILES string of the molecule is Cc1nccc([C@H]2CCCN(Cc3cn[nH]c3C)C2)n1. The van der Waals surface area contributed by atoms with Crippen LogP contribution >= 0.6 is 0 Å². The fourth-order valence-corrected chi connectivity index (χ4v) is 2.92. The van der Waals surface area contributed by atoms with E-state index in [4.69, 9.17) is 0 Å². The molecule has 3 heterocycles. The molecule has 0 bridgehead atoms. The summed E-state index contributed by atoms with van der Waals surface area (Å²) in [6, 6.07) is 2.06. The maximum atomic E-state index is 4.59. The van der Waals surface area contributed by atoms with Gasteiger partial charge >= 0.3 is 0 Å². The van der Waals surface area contributed by atoms with E-state index in [2.05, 4.69) is 38.1 Å². The van der Waals surface area contributed by atoms with Gasteiger partial charge in [-0.25, -0.2) is 9.97 Å². The average Bonchev–Trinajstić information content (AvgIpc) is 2.85. The van der Waals surface area contributed by atoms with Crippen LogP contribution in [0, 0.1) is 13.8 Å². The molecule has 2 aromatic heterocycles. The Morgan fingerprint density at radius 2 is 2.30 bits per heavy atom. The van der Waals surface area contributed by atoms with E-state index in [-0.39, 0.29) is 0 Å². The molecule has 0 unspecified atom stereocenters.